The lowest BCUT2D eigenvalue weighted by Gasteiger charge is -2.32. The monoisotopic (exact) mass is 486 g/mol. The summed E-state index contributed by atoms with van der Waals surface area (Å²) in [5, 5.41) is 4.24. The smallest absolute Gasteiger partial charge is 0.395 e. The summed E-state index contributed by atoms with van der Waals surface area (Å²) in [7, 11) is 0. The Balaban J connectivity index is 1.29. The van der Waals surface area contributed by atoms with Gasteiger partial charge in [0.2, 0.25) is 0 Å². The molecule has 0 radical (unpaired) electrons. The first-order valence-electron chi connectivity index (χ1n) is 11.9. The van der Waals surface area contributed by atoms with E-state index in [0.29, 0.717) is 58.1 Å². The Hall–Kier alpha value is -3.20. The maximum atomic E-state index is 13.7. The number of ether oxygens (including phenoxy) is 3. The molecule has 0 N–H and O–H groups in total. The van der Waals surface area contributed by atoms with Crippen LogP contribution in [0.2, 0.25) is 0 Å². The van der Waals surface area contributed by atoms with E-state index >= 15 is 0 Å². The molecule has 2 fully saturated rings. The fourth-order valence-corrected chi connectivity index (χ4v) is 4.65. The molecule has 7 nitrogen and oxygen atoms in total. The number of oxime groups is 1. The molecule has 2 saturated heterocycles. The van der Waals surface area contributed by atoms with Gasteiger partial charge in [0.25, 0.3) is 5.91 Å². The summed E-state index contributed by atoms with van der Waals surface area (Å²) in [6.07, 6.45) is -1.10. The second-order valence-corrected chi connectivity index (χ2v) is 9.34. The average Bonchev–Trinajstić information content (AvgIpc) is 3.49. The zero-order chi connectivity index (χ0) is 24.5. The molecule has 35 heavy (non-hydrogen) atoms. The van der Waals surface area contributed by atoms with Gasteiger partial charge in [0.15, 0.2) is 17.1 Å². The second-order valence-electron chi connectivity index (χ2n) is 9.34. The third-order valence-corrected chi connectivity index (χ3v) is 6.52. The normalized spacial score (nSPS) is 22.7. The van der Waals surface area contributed by atoms with Crippen molar-refractivity contribution < 1.29 is 32.6 Å². The van der Waals surface area contributed by atoms with E-state index in [0.717, 1.165) is 17.7 Å². The van der Waals surface area contributed by atoms with E-state index in [1.54, 1.807) is 29.2 Å². The minimum Gasteiger partial charge on any atom is -0.486 e. The Morgan fingerprint density at radius 3 is 2.60 bits per heavy atom. The van der Waals surface area contributed by atoms with Crippen molar-refractivity contribution in [2.45, 2.75) is 50.4 Å². The van der Waals surface area contributed by atoms with Crippen LogP contribution in [0, 0.1) is 0 Å². The number of halogens is 2. The molecular weight excluding hydrogens is 458 g/mol. The predicted octanol–water partition coefficient (Wildman–Crippen LogP) is 4.65. The molecule has 1 amide bonds. The molecule has 2 aromatic carbocycles. The molecule has 186 valence electrons. The van der Waals surface area contributed by atoms with Crippen molar-refractivity contribution in [2.75, 3.05) is 26.3 Å². The Morgan fingerprint density at radius 1 is 1.14 bits per heavy atom. The molecule has 5 rings (SSSR count). The number of amides is 1. The van der Waals surface area contributed by atoms with Crippen molar-refractivity contribution in [1.29, 1.82) is 0 Å². The summed E-state index contributed by atoms with van der Waals surface area (Å²) in [5.74, 6) is 0.162. The lowest BCUT2D eigenvalue weighted by atomic mass is 9.93. The molecule has 2 aromatic rings. The van der Waals surface area contributed by atoms with E-state index in [9.17, 15) is 13.6 Å². The van der Waals surface area contributed by atoms with E-state index in [1.165, 1.54) is 6.07 Å². The van der Waals surface area contributed by atoms with Crippen LogP contribution >= 0.6 is 0 Å². The van der Waals surface area contributed by atoms with Crippen LogP contribution in [0.25, 0.3) is 0 Å². The fraction of sp³-hybridized carbons (Fsp3) is 0.462. The molecule has 3 heterocycles. The predicted molar refractivity (Wildman–Crippen MR) is 124 cm³/mol. The first-order chi connectivity index (χ1) is 16.8. The number of hydrogen-bond donors (Lipinski definition) is 0. The maximum absolute atomic E-state index is 13.7. The number of rotatable bonds is 6. The number of alkyl halides is 2. The number of nitrogens with zero attached hydrogens (tertiary/aromatic N) is 2. The quantitative estimate of drug-likeness (QED) is 0.595. The van der Waals surface area contributed by atoms with E-state index in [2.05, 4.69) is 5.16 Å². The van der Waals surface area contributed by atoms with Gasteiger partial charge in [-0.15, -0.1) is 0 Å². The molecule has 0 saturated carbocycles. The zero-order valence-electron chi connectivity index (χ0n) is 19.5. The van der Waals surface area contributed by atoms with Crippen LogP contribution in [-0.2, 0) is 9.57 Å². The SMILES string of the molecule is CC(F)(F)Oc1ccc(C2=NOC3(CCOC3)C2)cc1OC1CCN(C(=O)c2ccccc2)CC1. The molecule has 1 atom stereocenters. The highest BCUT2D eigenvalue weighted by molar-refractivity contribution is 6.02. The Bertz CT molecular complexity index is 1090. The van der Waals surface area contributed by atoms with E-state index in [-0.39, 0.29) is 23.5 Å². The number of hydrogen-bond acceptors (Lipinski definition) is 6. The van der Waals surface area contributed by atoms with Gasteiger partial charge in [0, 0.05) is 56.8 Å². The van der Waals surface area contributed by atoms with E-state index in [1.807, 2.05) is 18.2 Å². The topological polar surface area (TPSA) is 69.6 Å². The van der Waals surface area contributed by atoms with Gasteiger partial charge in [-0.25, -0.2) is 0 Å². The number of piperidine rings is 1. The number of carbonyl (C=O) groups excluding carboxylic acids is 1. The number of carbonyl (C=O) groups is 1. The molecule has 1 spiro atoms. The van der Waals surface area contributed by atoms with Crippen LogP contribution in [0.1, 0.15) is 48.5 Å². The average molecular weight is 487 g/mol. The molecule has 0 aromatic heterocycles. The van der Waals surface area contributed by atoms with Gasteiger partial charge >= 0.3 is 6.11 Å². The fourth-order valence-electron chi connectivity index (χ4n) is 4.65. The van der Waals surface area contributed by atoms with Gasteiger partial charge < -0.3 is 23.9 Å². The summed E-state index contributed by atoms with van der Waals surface area (Å²) < 4.78 is 43.9. The Labute approximate surface area is 202 Å². The zero-order valence-corrected chi connectivity index (χ0v) is 19.5. The van der Waals surface area contributed by atoms with Gasteiger partial charge in [-0.05, 0) is 30.3 Å². The summed E-state index contributed by atoms with van der Waals surface area (Å²) >= 11 is 0. The molecule has 1 unspecified atom stereocenters. The minimum atomic E-state index is -3.36. The van der Waals surface area contributed by atoms with Crippen LogP contribution < -0.4 is 9.47 Å². The minimum absolute atomic E-state index is 0.0234. The summed E-state index contributed by atoms with van der Waals surface area (Å²) in [5.41, 5.74) is 1.65. The van der Waals surface area contributed by atoms with Gasteiger partial charge in [0.1, 0.15) is 6.10 Å². The highest BCUT2D eigenvalue weighted by Crippen LogP contribution is 2.38. The molecule has 9 heteroatoms. The number of benzene rings is 2. The van der Waals surface area contributed by atoms with Gasteiger partial charge in [0.05, 0.1) is 18.9 Å². The molecule has 0 aliphatic carbocycles. The molecular formula is C26H28F2N2O5. The summed E-state index contributed by atoms with van der Waals surface area (Å²) in [6.45, 7) is 2.83. The van der Waals surface area contributed by atoms with Crippen molar-refractivity contribution >= 4 is 11.6 Å². The van der Waals surface area contributed by atoms with Crippen molar-refractivity contribution in [3.63, 3.8) is 0 Å². The molecule has 0 bridgehead atoms. The third-order valence-electron chi connectivity index (χ3n) is 6.52. The second kappa shape index (κ2) is 9.45. The van der Waals surface area contributed by atoms with Crippen molar-refractivity contribution in [1.82, 2.24) is 4.90 Å². The van der Waals surface area contributed by atoms with Gasteiger partial charge in [-0.3, -0.25) is 4.79 Å². The molecule has 3 aliphatic heterocycles. The standard InChI is InChI=1S/C26H28F2N2O5/c1-25(27,28)34-22-8-7-19(21-16-26(35-29-21)11-14-32-17-26)15-23(22)33-20-9-12-30(13-10-20)24(31)18-5-3-2-4-6-18/h2-8,15,20H,9-14,16-17H2,1H3. The Morgan fingerprint density at radius 2 is 1.91 bits per heavy atom. The molecule has 3 aliphatic rings. The lowest BCUT2D eigenvalue weighted by molar-refractivity contribution is -0.160. The van der Waals surface area contributed by atoms with Gasteiger partial charge in [-0.2, -0.15) is 8.78 Å². The highest BCUT2D eigenvalue weighted by atomic mass is 19.3. The van der Waals surface area contributed by atoms with E-state index in [4.69, 9.17) is 19.0 Å². The third kappa shape index (κ3) is 5.40. The van der Waals surface area contributed by atoms with E-state index < -0.39 is 11.7 Å². The highest BCUT2D eigenvalue weighted by Gasteiger charge is 2.43. The lowest BCUT2D eigenvalue weighted by Crippen LogP contribution is -2.41. The van der Waals surface area contributed by atoms with Crippen LogP contribution in [0.3, 0.4) is 0 Å². The van der Waals surface area contributed by atoms with Crippen molar-refractivity contribution in [3.05, 3.63) is 59.7 Å². The first-order valence-corrected chi connectivity index (χ1v) is 11.9. The van der Waals surface area contributed by atoms with Crippen molar-refractivity contribution in [3.8, 4) is 11.5 Å². The van der Waals surface area contributed by atoms with Crippen LogP contribution in [0.5, 0.6) is 11.5 Å². The van der Waals surface area contributed by atoms with Crippen LogP contribution in [-0.4, -0.2) is 60.6 Å². The summed E-state index contributed by atoms with van der Waals surface area (Å²) in [4.78, 5) is 20.2. The number of likely N-dealkylation sites (tertiary alicyclic amines) is 1. The van der Waals surface area contributed by atoms with Gasteiger partial charge in [-0.1, -0.05) is 23.4 Å². The Kier molecular flexibility index (Phi) is 6.35. The van der Waals surface area contributed by atoms with Crippen LogP contribution in [0.15, 0.2) is 53.7 Å². The maximum Gasteiger partial charge on any atom is 0.395 e. The van der Waals surface area contributed by atoms with Crippen LogP contribution in [0.4, 0.5) is 8.78 Å². The first kappa shape index (κ1) is 23.5. The summed E-state index contributed by atoms with van der Waals surface area (Å²) in [6, 6.07) is 14.0. The largest absolute Gasteiger partial charge is 0.486 e. The van der Waals surface area contributed by atoms with Crippen molar-refractivity contribution in [2.24, 2.45) is 5.16 Å².